The molecule has 0 saturated carbocycles. The van der Waals surface area contributed by atoms with E-state index in [1.807, 2.05) is 0 Å². The van der Waals surface area contributed by atoms with Gasteiger partial charge in [-0.25, -0.2) is 17.5 Å². The number of halogens is 2. The van der Waals surface area contributed by atoms with Gasteiger partial charge in [-0.15, -0.1) is 11.3 Å². The van der Waals surface area contributed by atoms with Crippen LogP contribution in [0.4, 0.5) is 4.39 Å². The van der Waals surface area contributed by atoms with Crippen molar-refractivity contribution in [3.8, 4) is 0 Å². The lowest BCUT2D eigenvalue weighted by Crippen LogP contribution is -2.49. The van der Waals surface area contributed by atoms with Gasteiger partial charge in [-0.3, -0.25) is 4.79 Å². The molecule has 0 spiro atoms. The third-order valence-corrected chi connectivity index (χ3v) is 8.05. The Morgan fingerprint density at radius 1 is 1.21 bits per heavy atom. The number of benzene rings is 2. The number of carbonyl (C=O) groups excluding carboxylic acids is 1. The molecule has 1 unspecified atom stereocenters. The number of amides is 1. The number of likely N-dealkylation sites (tertiary alicyclic amines) is 1. The van der Waals surface area contributed by atoms with Gasteiger partial charge in [0.05, 0.1) is 9.92 Å². The molecule has 1 saturated heterocycles. The monoisotopic (exact) mass is 452 g/mol. The summed E-state index contributed by atoms with van der Waals surface area (Å²) in [5, 5.41) is 0.946. The summed E-state index contributed by atoms with van der Waals surface area (Å²) in [7, 11) is -3.66. The summed E-state index contributed by atoms with van der Waals surface area (Å²) in [5.41, 5.74) is 0. The molecule has 4 rings (SSSR count). The number of carbonyl (C=O) groups is 1. The Morgan fingerprint density at radius 3 is 2.72 bits per heavy atom. The van der Waals surface area contributed by atoms with Gasteiger partial charge in [0.15, 0.2) is 0 Å². The van der Waals surface area contributed by atoms with E-state index in [1.54, 1.807) is 29.2 Å². The van der Waals surface area contributed by atoms with Crippen LogP contribution in [0.2, 0.25) is 5.02 Å². The molecule has 5 nitrogen and oxygen atoms in total. The van der Waals surface area contributed by atoms with Crippen molar-refractivity contribution >= 4 is 49.0 Å². The highest BCUT2D eigenvalue weighted by Crippen LogP contribution is 2.36. The second-order valence-corrected chi connectivity index (χ2v) is 10.1. The number of nitrogens with one attached hydrogen (secondary N) is 1. The van der Waals surface area contributed by atoms with Crippen LogP contribution in [0.5, 0.6) is 0 Å². The molecule has 1 amide bonds. The minimum atomic E-state index is -3.66. The molecular weight excluding hydrogens is 435 g/mol. The first-order chi connectivity index (χ1) is 13.8. The van der Waals surface area contributed by atoms with E-state index in [4.69, 9.17) is 11.6 Å². The molecule has 3 aromatic rings. The maximum atomic E-state index is 13.5. The van der Waals surface area contributed by atoms with Gasteiger partial charge in [-0.2, -0.15) is 0 Å². The molecule has 152 valence electrons. The van der Waals surface area contributed by atoms with Crippen molar-refractivity contribution < 1.29 is 17.6 Å². The van der Waals surface area contributed by atoms with Gasteiger partial charge in [-0.1, -0.05) is 29.8 Å². The zero-order valence-corrected chi connectivity index (χ0v) is 17.7. The van der Waals surface area contributed by atoms with Gasteiger partial charge >= 0.3 is 0 Å². The summed E-state index contributed by atoms with van der Waals surface area (Å²) < 4.78 is 42.0. The Kier molecular flexibility index (Phi) is 5.61. The molecule has 0 radical (unpaired) electrons. The number of nitrogens with zero attached hydrogens (tertiary/aromatic N) is 1. The highest BCUT2D eigenvalue weighted by atomic mass is 35.5. The third-order valence-electron chi connectivity index (χ3n) is 4.87. The van der Waals surface area contributed by atoms with Crippen molar-refractivity contribution in [2.24, 2.45) is 0 Å². The lowest BCUT2D eigenvalue weighted by atomic mass is 10.1. The van der Waals surface area contributed by atoms with E-state index in [-0.39, 0.29) is 29.2 Å². The van der Waals surface area contributed by atoms with E-state index in [1.165, 1.54) is 24.3 Å². The highest BCUT2D eigenvalue weighted by Gasteiger charge is 2.30. The Bertz CT molecular complexity index is 1170. The van der Waals surface area contributed by atoms with Gasteiger partial charge in [0.25, 0.3) is 5.91 Å². The Morgan fingerprint density at radius 2 is 1.97 bits per heavy atom. The number of thiophene rings is 1. The molecule has 2 aromatic carbocycles. The molecule has 0 aliphatic carbocycles. The summed E-state index contributed by atoms with van der Waals surface area (Å²) in [6.45, 7) is 0.769. The largest absolute Gasteiger partial charge is 0.336 e. The number of piperidine rings is 1. The molecule has 29 heavy (non-hydrogen) atoms. The topological polar surface area (TPSA) is 66.5 Å². The Hall–Kier alpha value is -2.00. The second-order valence-electron chi connectivity index (χ2n) is 6.91. The van der Waals surface area contributed by atoms with Crippen molar-refractivity contribution in [2.45, 2.75) is 23.8 Å². The fourth-order valence-electron chi connectivity index (χ4n) is 3.47. The molecule has 1 aliphatic rings. The summed E-state index contributed by atoms with van der Waals surface area (Å²) in [6.07, 6.45) is 1.31. The van der Waals surface area contributed by atoms with Crippen molar-refractivity contribution in [2.75, 3.05) is 13.1 Å². The maximum Gasteiger partial charge on any atom is 0.265 e. The van der Waals surface area contributed by atoms with Gasteiger partial charge in [-0.05, 0) is 43.2 Å². The van der Waals surface area contributed by atoms with Crippen LogP contribution in [-0.2, 0) is 10.0 Å². The average molecular weight is 453 g/mol. The Labute approximate surface area is 177 Å². The molecule has 1 aliphatic heterocycles. The molecule has 1 aromatic heterocycles. The predicted molar refractivity (Wildman–Crippen MR) is 112 cm³/mol. The van der Waals surface area contributed by atoms with Crippen molar-refractivity contribution in [3.05, 3.63) is 64.2 Å². The number of hydrogen-bond acceptors (Lipinski definition) is 4. The fraction of sp³-hybridized carbons (Fsp3) is 0.250. The minimum absolute atomic E-state index is 0.193. The van der Waals surface area contributed by atoms with E-state index < -0.39 is 10.0 Å². The van der Waals surface area contributed by atoms with E-state index in [0.29, 0.717) is 39.4 Å². The molecule has 1 N–H and O–H groups in total. The van der Waals surface area contributed by atoms with Crippen LogP contribution in [0.25, 0.3) is 10.1 Å². The maximum absolute atomic E-state index is 13.5. The predicted octanol–water partition coefficient (Wildman–Crippen LogP) is 4.28. The van der Waals surface area contributed by atoms with Crippen molar-refractivity contribution in [1.82, 2.24) is 9.62 Å². The summed E-state index contributed by atoms with van der Waals surface area (Å²) in [4.78, 5) is 15.2. The smallest absolute Gasteiger partial charge is 0.265 e. The summed E-state index contributed by atoms with van der Waals surface area (Å²) in [5.74, 6) is -0.650. The first-order valence-electron chi connectivity index (χ1n) is 9.09. The van der Waals surface area contributed by atoms with E-state index in [2.05, 4.69) is 4.72 Å². The zero-order chi connectivity index (χ0) is 20.6. The molecule has 2 heterocycles. The number of rotatable bonds is 4. The van der Waals surface area contributed by atoms with E-state index >= 15 is 0 Å². The van der Waals surface area contributed by atoms with Crippen molar-refractivity contribution in [3.63, 3.8) is 0 Å². The first kappa shape index (κ1) is 20.3. The lowest BCUT2D eigenvalue weighted by molar-refractivity contribution is 0.0708. The molecule has 1 fully saturated rings. The molecule has 9 heteroatoms. The molecule has 1 atom stereocenters. The van der Waals surface area contributed by atoms with E-state index in [9.17, 15) is 17.6 Å². The molecule has 0 bridgehead atoms. The number of hydrogen-bond donors (Lipinski definition) is 1. The summed E-state index contributed by atoms with van der Waals surface area (Å²) in [6, 6.07) is 12.0. The van der Waals surface area contributed by atoms with E-state index in [0.717, 1.165) is 11.3 Å². The van der Waals surface area contributed by atoms with Crippen LogP contribution >= 0.6 is 22.9 Å². The average Bonchev–Trinajstić information content (AvgIpc) is 3.03. The highest BCUT2D eigenvalue weighted by molar-refractivity contribution is 7.89. The van der Waals surface area contributed by atoms with Gasteiger partial charge < -0.3 is 4.90 Å². The van der Waals surface area contributed by atoms with Crippen LogP contribution in [0.15, 0.2) is 53.4 Å². The van der Waals surface area contributed by atoms with Crippen molar-refractivity contribution in [1.29, 1.82) is 0 Å². The van der Waals surface area contributed by atoms with Crippen LogP contribution in [-0.4, -0.2) is 38.4 Å². The standard InChI is InChI=1S/C20H18ClFN2O3S2/c21-18-16-9-8-13(22)11-17(16)28-19(18)20(25)24-10-4-5-14(12-24)23-29(26,27)15-6-2-1-3-7-15/h1-3,6-9,11,14,23H,4-5,10,12H2. The number of fused-ring (bicyclic) bond motifs is 1. The lowest BCUT2D eigenvalue weighted by Gasteiger charge is -2.32. The quantitative estimate of drug-likeness (QED) is 0.642. The van der Waals surface area contributed by atoms with Crippen LogP contribution in [0, 0.1) is 5.82 Å². The Balaban J connectivity index is 1.53. The first-order valence-corrected chi connectivity index (χ1v) is 11.8. The van der Waals surface area contributed by atoms with Gasteiger partial charge in [0.1, 0.15) is 10.7 Å². The minimum Gasteiger partial charge on any atom is -0.336 e. The van der Waals surface area contributed by atoms with Gasteiger partial charge in [0, 0.05) is 29.2 Å². The summed E-state index contributed by atoms with van der Waals surface area (Å²) >= 11 is 7.52. The second kappa shape index (κ2) is 8.02. The van der Waals surface area contributed by atoms with Gasteiger partial charge in [0.2, 0.25) is 10.0 Å². The van der Waals surface area contributed by atoms with Crippen LogP contribution in [0.1, 0.15) is 22.5 Å². The normalized spacial score (nSPS) is 17.6. The zero-order valence-electron chi connectivity index (χ0n) is 15.3. The SMILES string of the molecule is O=C(c1sc2cc(F)ccc2c1Cl)N1CCCC(NS(=O)(=O)c2ccccc2)C1. The molecular formula is C20H18ClFN2O3S2. The van der Waals surface area contributed by atoms with Crippen LogP contribution in [0.3, 0.4) is 0 Å². The van der Waals surface area contributed by atoms with Crippen LogP contribution < -0.4 is 4.72 Å². The fourth-order valence-corrected chi connectivity index (χ4v) is 6.25. The number of sulfonamides is 1. The third kappa shape index (κ3) is 4.16.